The molecule has 6 aromatic rings. The smallest absolute Gasteiger partial charge is 0.182 e. The molecule has 10 rings (SSSR count). The van der Waals surface area contributed by atoms with Gasteiger partial charge in [0.2, 0.25) is 0 Å². The summed E-state index contributed by atoms with van der Waals surface area (Å²) < 4.78 is 6.18. The van der Waals surface area contributed by atoms with Crippen molar-refractivity contribution >= 4 is 11.1 Å². The molecule has 0 N–H and O–H groups in total. The van der Waals surface area contributed by atoms with E-state index >= 15 is 0 Å². The zero-order valence-corrected chi connectivity index (χ0v) is 24.1. The van der Waals surface area contributed by atoms with Crippen LogP contribution in [0.2, 0.25) is 0 Å². The van der Waals surface area contributed by atoms with Gasteiger partial charge in [0.05, 0.1) is 11.4 Å². The van der Waals surface area contributed by atoms with Gasteiger partial charge in [-0.3, -0.25) is 0 Å². The van der Waals surface area contributed by atoms with E-state index in [-0.39, 0.29) is 5.41 Å². The van der Waals surface area contributed by atoms with Crippen LogP contribution in [0, 0.1) is 17.8 Å². The van der Waals surface area contributed by atoms with Crippen molar-refractivity contribution in [3.63, 3.8) is 0 Å². The largest absolute Gasteiger partial charge is 0.443 e. The van der Waals surface area contributed by atoms with Gasteiger partial charge in [0, 0.05) is 27.8 Å². The molecule has 0 radical (unpaired) electrons. The number of rotatable bonds is 5. The topological polar surface area (TPSA) is 51.8 Å². The van der Waals surface area contributed by atoms with E-state index in [1.54, 1.807) is 6.39 Å². The minimum Gasteiger partial charge on any atom is -0.443 e. The van der Waals surface area contributed by atoms with Crippen molar-refractivity contribution in [2.24, 2.45) is 17.8 Å². The van der Waals surface area contributed by atoms with Gasteiger partial charge in [0.15, 0.2) is 17.8 Å². The number of fused-ring (bicyclic) bond motifs is 1. The van der Waals surface area contributed by atoms with Gasteiger partial charge in [-0.25, -0.2) is 15.0 Å². The Kier molecular flexibility index (Phi) is 5.65. The molecule has 4 aromatic carbocycles. The number of aromatic nitrogens is 3. The molecule has 0 aliphatic heterocycles. The minimum atomic E-state index is 0.273. The van der Waals surface area contributed by atoms with Crippen LogP contribution in [-0.4, -0.2) is 15.0 Å². The summed E-state index contributed by atoms with van der Waals surface area (Å²) in [5.41, 5.74) is 10.9. The average molecular weight is 560 g/mol. The highest BCUT2D eigenvalue weighted by Gasteiger charge is 2.52. The third-order valence-corrected chi connectivity index (χ3v) is 10.4. The Bertz CT molecular complexity index is 1850. The second-order valence-corrected chi connectivity index (χ2v) is 13.2. The predicted molar refractivity (Wildman–Crippen MR) is 171 cm³/mol. The van der Waals surface area contributed by atoms with Crippen LogP contribution in [0.3, 0.4) is 0 Å². The molecule has 0 atom stereocenters. The van der Waals surface area contributed by atoms with Gasteiger partial charge in [-0.1, -0.05) is 97.1 Å². The fourth-order valence-electron chi connectivity index (χ4n) is 8.93. The predicted octanol–water partition coefficient (Wildman–Crippen LogP) is 9.75. The van der Waals surface area contributed by atoms with Gasteiger partial charge in [-0.2, -0.15) is 0 Å². The van der Waals surface area contributed by atoms with Crippen LogP contribution in [-0.2, 0) is 5.41 Å². The molecule has 4 fully saturated rings. The first-order chi connectivity index (χ1) is 21.2. The lowest BCUT2D eigenvalue weighted by atomic mass is 9.48. The third kappa shape index (κ3) is 4.23. The van der Waals surface area contributed by atoms with Gasteiger partial charge < -0.3 is 4.42 Å². The fraction of sp³-hybridized carbons (Fsp3) is 0.256. The molecular weight excluding hydrogens is 526 g/mol. The molecule has 0 unspecified atom stereocenters. The van der Waals surface area contributed by atoms with E-state index in [0.29, 0.717) is 0 Å². The van der Waals surface area contributed by atoms with Crippen LogP contribution in [0.5, 0.6) is 0 Å². The lowest BCUT2D eigenvalue weighted by Crippen LogP contribution is -2.48. The number of benzene rings is 4. The van der Waals surface area contributed by atoms with Gasteiger partial charge in [-0.15, -0.1) is 0 Å². The molecular formula is C39H33N3O. The van der Waals surface area contributed by atoms with E-state index in [1.165, 1.54) is 44.1 Å². The van der Waals surface area contributed by atoms with E-state index in [2.05, 4.69) is 66.7 Å². The second kappa shape index (κ2) is 9.74. The summed E-state index contributed by atoms with van der Waals surface area (Å²) in [6.45, 7) is 0. The first-order valence-electron chi connectivity index (χ1n) is 15.7. The molecule has 4 aliphatic rings. The maximum atomic E-state index is 6.18. The van der Waals surface area contributed by atoms with Crippen molar-refractivity contribution in [3.8, 4) is 45.0 Å². The Morgan fingerprint density at radius 3 is 1.77 bits per heavy atom. The summed E-state index contributed by atoms with van der Waals surface area (Å²) in [6, 6.07) is 36.0. The Balaban J connectivity index is 1.09. The first kappa shape index (κ1) is 25.0. The fourth-order valence-corrected chi connectivity index (χ4v) is 8.93. The summed E-state index contributed by atoms with van der Waals surface area (Å²) >= 11 is 0. The maximum absolute atomic E-state index is 6.18. The van der Waals surface area contributed by atoms with Crippen molar-refractivity contribution < 1.29 is 4.42 Å². The second-order valence-electron chi connectivity index (χ2n) is 13.2. The molecule has 4 aliphatic carbocycles. The maximum Gasteiger partial charge on any atom is 0.182 e. The van der Waals surface area contributed by atoms with E-state index < -0.39 is 0 Å². The SMILES string of the molecule is c1ccc(-c2cc(-c3ccc(-c4ccc(C56CC7CC(CC(C7)C5)C6)c5ocnc45)cc3)nc(-c3ccccc3)n2)cc1. The molecule has 0 spiro atoms. The molecule has 4 saturated carbocycles. The normalized spacial score (nSPS) is 24.0. The van der Waals surface area contributed by atoms with Gasteiger partial charge in [0.1, 0.15) is 5.52 Å². The molecule has 2 aromatic heterocycles. The van der Waals surface area contributed by atoms with Crippen molar-refractivity contribution in [2.45, 2.75) is 43.9 Å². The van der Waals surface area contributed by atoms with E-state index in [9.17, 15) is 0 Å². The Hall–Kier alpha value is -4.57. The zero-order valence-electron chi connectivity index (χ0n) is 24.1. The van der Waals surface area contributed by atoms with Crippen LogP contribution in [0.15, 0.2) is 114 Å². The lowest BCUT2D eigenvalue weighted by molar-refractivity contribution is -0.00487. The number of oxazole rings is 1. The monoisotopic (exact) mass is 559 g/mol. The molecule has 0 saturated heterocycles. The van der Waals surface area contributed by atoms with Crippen molar-refractivity contribution in [1.29, 1.82) is 0 Å². The highest BCUT2D eigenvalue weighted by molar-refractivity contribution is 5.93. The van der Waals surface area contributed by atoms with Gasteiger partial charge >= 0.3 is 0 Å². The van der Waals surface area contributed by atoms with E-state index in [1.807, 2.05) is 36.4 Å². The number of hydrogen-bond acceptors (Lipinski definition) is 4. The Labute approximate surface area is 251 Å². The van der Waals surface area contributed by atoms with Crippen LogP contribution in [0.1, 0.15) is 44.1 Å². The van der Waals surface area contributed by atoms with Crippen LogP contribution < -0.4 is 0 Å². The van der Waals surface area contributed by atoms with E-state index in [0.717, 1.165) is 73.9 Å². The quantitative estimate of drug-likeness (QED) is 0.211. The molecule has 0 amide bonds. The summed E-state index contributed by atoms with van der Waals surface area (Å²) in [5, 5.41) is 0. The van der Waals surface area contributed by atoms with Crippen LogP contribution >= 0.6 is 0 Å². The van der Waals surface area contributed by atoms with Gasteiger partial charge in [-0.05, 0) is 73.3 Å². The summed E-state index contributed by atoms with van der Waals surface area (Å²) in [4.78, 5) is 14.7. The van der Waals surface area contributed by atoms with Crippen molar-refractivity contribution in [1.82, 2.24) is 15.0 Å². The molecule has 43 heavy (non-hydrogen) atoms. The average Bonchev–Trinajstić information content (AvgIpc) is 3.55. The van der Waals surface area contributed by atoms with Crippen molar-refractivity contribution in [2.75, 3.05) is 0 Å². The standard InChI is InChI=1S/C39H33N3O/c1-3-7-29(8-4-1)34-20-35(42-38(41-34)31-9-5-2-6-10-31)30-13-11-28(12-14-30)32-15-16-33(37-36(32)40-24-43-37)39-21-25-17-26(22-39)19-27(18-25)23-39/h1-16,20,24-27H,17-19,21-23H2. The molecule has 4 heteroatoms. The third-order valence-electron chi connectivity index (χ3n) is 10.4. The molecule has 2 heterocycles. The van der Waals surface area contributed by atoms with Crippen LogP contribution in [0.25, 0.3) is 56.1 Å². The first-order valence-corrected chi connectivity index (χ1v) is 15.7. The zero-order chi connectivity index (χ0) is 28.4. The van der Waals surface area contributed by atoms with Crippen LogP contribution in [0.4, 0.5) is 0 Å². The summed E-state index contributed by atoms with van der Waals surface area (Å²) in [5.74, 6) is 3.40. The van der Waals surface area contributed by atoms with E-state index in [4.69, 9.17) is 19.4 Å². The van der Waals surface area contributed by atoms with Gasteiger partial charge in [0.25, 0.3) is 0 Å². The number of nitrogens with zero attached hydrogens (tertiary/aromatic N) is 3. The highest BCUT2D eigenvalue weighted by atomic mass is 16.3. The summed E-state index contributed by atoms with van der Waals surface area (Å²) in [6.07, 6.45) is 9.91. The summed E-state index contributed by atoms with van der Waals surface area (Å²) in [7, 11) is 0. The lowest BCUT2D eigenvalue weighted by Gasteiger charge is -2.57. The highest BCUT2D eigenvalue weighted by Crippen LogP contribution is 2.61. The molecule has 210 valence electrons. The number of hydrogen-bond donors (Lipinski definition) is 0. The Morgan fingerprint density at radius 1 is 0.581 bits per heavy atom. The minimum absolute atomic E-state index is 0.273. The molecule has 4 nitrogen and oxygen atoms in total. The Morgan fingerprint density at radius 2 is 1.14 bits per heavy atom. The van der Waals surface area contributed by atoms with Crippen molar-refractivity contribution in [3.05, 3.63) is 115 Å². The molecule has 4 bridgehead atoms.